The fourth-order valence-corrected chi connectivity index (χ4v) is 3.17. The lowest BCUT2D eigenvalue weighted by molar-refractivity contribution is 0.607. The number of nitrogens with zero attached hydrogens (tertiary/aromatic N) is 3. The van der Waals surface area contributed by atoms with Crippen molar-refractivity contribution in [1.29, 1.82) is 0 Å². The summed E-state index contributed by atoms with van der Waals surface area (Å²) in [5.74, 6) is 0.426. The maximum atomic E-state index is 14.0. The first-order valence-electron chi connectivity index (χ1n) is 8.79. The third kappa shape index (κ3) is 6.74. The molecule has 1 heterocycles. The molecule has 0 aliphatic carbocycles. The van der Waals surface area contributed by atoms with Gasteiger partial charge in [0.1, 0.15) is 5.82 Å². The fourth-order valence-electron chi connectivity index (χ4n) is 2.84. The minimum atomic E-state index is -0.256. The van der Waals surface area contributed by atoms with Crippen LogP contribution >= 0.6 is 39.9 Å². The summed E-state index contributed by atoms with van der Waals surface area (Å²) in [5, 5.41) is 11.1. The predicted molar refractivity (Wildman–Crippen MR) is 123 cm³/mol. The Bertz CT molecular complexity index is 791. The molecular formula is C19H28BrFIN5. The van der Waals surface area contributed by atoms with Crippen LogP contribution in [0.2, 0.25) is 0 Å². The van der Waals surface area contributed by atoms with Gasteiger partial charge >= 0.3 is 0 Å². The van der Waals surface area contributed by atoms with Crippen molar-refractivity contribution in [3.05, 3.63) is 51.0 Å². The molecule has 0 saturated carbocycles. The number of aryl methyl sites for hydroxylation is 2. The van der Waals surface area contributed by atoms with Crippen molar-refractivity contribution in [2.45, 2.75) is 46.7 Å². The van der Waals surface area contributed by atoms with Crippen LogP contribution < -0.4 is 10.6 Å². The second kappa shape index (κ2) is 11.0. The van der Waals surface area contributed by atoms with Gasteiger partial charge in [-0.2, -0.15) is 5.10 Å². The number of guanidine groups is 1. The maximum absolute atomic E-state index is 14.0. The van der Waals surface area contributed by atoms with Crippen molar-refractivity contribution < 1.29 is 4.39 Å². The third-order valence-corrected chi connectivity index (χ3v) is 4.81. The third-order valence-electron chi connectivity index (χ3n) is 4.32. The van der Waals surface area contributed by atoms with Gasteiger partial charge in [-0.15, -0.1) is 24.0 Å². The minimum Gasteiger partial charge on any atom is -0.357 e. The molecule has 2 N–H and O–H groups in total. The molecular weight excluding hydrogens is 524 g/mol. The molecule has 1 atom stereocenters. The largest absolute Gasteiger partial charge is 0.357 e. The van der Waals surface area contributed by atoms with Crippen LogP contribution in [-0.2, 0) is 20.0 Å². The normalized spacial score (nSPS) is 12.5. The zero-order valence-corrected chi connectivity index (χ0v) is 20.4. The maximum Gasteiger partial charge on any atom is 0.191 e. The number of nitrogens with one attached hydrogen (secondary N) is 2. The number of aliphatic imine (C=N–C) groups is 1. The van der Waals surface area contributed by atoms with Crippen LogP contribution in [0.1, 0.15) is 36.4 Å². The van der Waals surface area contributed by atoms with Crippen LogP contribution in [0.5, 0.6) is 0 Å². The van der Waals surface area contributed by atoms with Crippen LogP contribution in [0.15, 0.2) is 27.7 Å². The van der Waals surface area contributed by atoms with Crippen LogP contribution in [0, 0.1) is 19.7 Å². The molecule has 2 rings (SSSR count). The van der Waals surface area contributed by atoms with Crippen molar-refractivity contribution in [3.63, 3.8) is 0 Å². The molecule has 0 amide bonds. The van der Waals surface area contributed by atoms with Gasteiger partial charge in [0.25, 0.3) is 0 Å². The molecule has 1 aromatic carbocycles. The Morgan fingerprint density at radius 2 is 2.07 bits per heavy atom. The van der Waals surface area contributed by atoms with E-state index in [9.17, 15) is 4.39 Å². The predicted octanol–water partition coefficient (Wildman–Crippen LogP) is 4.24. The van der Waals surface area contributed by atoms with Gasteiger partial charge in [0.2, 0.25) is 0 Å². The number of hydrogen-bond acceptors (Lipinski definition) is 2. The highest BCUT2D eigenvalue weighted by atomic mass is 127. The number of rotatable bonds is 6. The first-order chi connectivity index (χ1) is 12.3. The molecule has 0 saturated heterocycles. The molecule has 2 aromatic rings. The summed E-state index contributed by atoms with van der Waals surface area (Å²) in [5.41, 5.74) is 4.05. The van der Waals surface area contributed by atoms with Gasteiger partial charge in [0, 0.05) is 35.4 Å². The number of benzene rings is 1. The van der Waals surface area contributed by atoms with Crippen LogP contribution in [0.4, 0.5) is 4.39 Å². The Labute approximate surface area is 186 Å². The smallest absolute Gasteiger partial charge is 0.191 e. The average molecular weight is 552 g/mol. The monoisotopic (exact) mass is 551 g/mol. The molecule has 0 radical (unpaired) electrons. The van der Waals surface area contributed by atoms with Gasteiger partial charge < -0.3 is 10.6 Å². The molecule has 0 aliphatic heterocycles. The molecule has 27 heavy (non-hydrogen) atoms. The van der Waals surface area contributed by atoms with Crippen LogP contribution in [0.3, 0.4) is 0 Å². The summed E-state index contributed by atoms with van der Waals surface area (Å²) in [6.45, 7) is 9.26. The topological polar surface area (TPSA) is 54.2 Å². The highest BCUT2D eigenvalue weighted by molar-refractivity contribution is 14.0. The van der Waals surface area contributed by atoms with Crippen molar-refractivity contribution in [1.82, 2.24) is 20.4 Å². The number of halogens is 3. The second-order valence-electron chi connectivity index (χ2n) is 6.45. The standard InChI is InChI=1S/C19H27BrFN5.HI/c1-6-22-19(23-11-15-7-8-16(20)10-18(15)21)24-12(2)9-17-13(3)25-26(5)14(17)4;/h7-8,10,12H,6,9,11H2,1-5H3,(H2,22,23,24);1H. The molecule has 5 nitrogen and oxygen atoms in total. The Kier molecular flexibility index (Phi) is 9.72. The molecule has 150 valence electrons. The summed E-state index contributed by atoms with van der Waals surface area (Å²) in [4.78, 5) is 4.52. The highest BCUT2D eigenvalue weighted by Gasteiger charge is 2.14. The minimum absolute atomic E-state index is 0. The molecule has 0 fully saturated rings. The van der Waals surface area contributed by atoms with E-state index in [1.807, 2.05) is 31.6 Å². The summed E-state index contributed by atoms with van der Waals surface area (Å²) >= 11 is 3.27. The van der Waals surface area contributed by atoms with E-state index in [2.05, 4.69) is 50.5 Å². The van der Waals surface area contributed by atoms with Gasteiger partial charge in [0.05, 0.1) is 12.2 Å². The lowest BCUT2D eigenvalue weighted by Gasteiger charge is -2.18. The molecule has 1 unspecified atom stereocenters. The van der Waals surface area contributed by atoms with Gasteiger partial charge in [-0.25, -0.2) is 9.38 Å². The van der Waals surface area contributed by atoms with Crippen molar-refractivity contribution in [2.24, 2.45) is 12.0 Å². The summed E-state index contributed by atoms with van der Waals surface area (Å²) in [7, 11) is 1.96. The molecule has 0 bridgehead atoms. The summed E-state index contributed by atoms with van der Waals surface area (Å²) < 4.78 is 16.6. The van der Waals surface area contributed by atoms with Crippen molar-refractivity contribution in [3.8, 4) is 0 Å². The van der Waals surface area contributed by atoms with E-state index in [0.717, 1.165) is 23.1 Å². The SMILES string of the molecule is CCNC(=NCc1ccc(Br)cc1F)NC(C)Cc1c(C)nn(C)c1C.I. The molecule has 1 aromatic heterocycles. The second-order valence-corrected chi connectivity index (χ2v) is 7.37. The van der Waals surface area contributed by atoms with Gasteiger partial charge in [-0.3, -0.25) is 4.68 Å². The van der Waals surface area contributed by atoms with Gasteiger partial charge in [-0.1, -0.05) is 22.0 Å². The lowest BCUT2D eigenvalue weighted by atomic mass is 10.1. The number of aromatic nitrogens is 2. The Morgan fingerprint density at radius 3 is 2.63 bits per heavy atom. The van der Waals surface area contributed by atoms with E-state index >= 15 is 0 Å². The van der Waals surface area contributed by atoms with E-state index < -0.39 is 0 Å². The number of hydrogen-bond donors (Lipinski definition) is 2. The highest BCUT2D eigenvalue weighted by Crippen LogP contribution is 2.16. The molecule has 0 spiro atoms. The van der Waals surface area contributed by atoms with E-state index in [-0.39, 0.29) is 42.4 Å². The molecule has 8 heteroatoms. The van der Waals surface area contributed by atoms with Gasteiger partial charge in [0.15, 0.2) is 5.96 Å². The van der Waals surface area contributed by atoms with Crippen molar-refractivity contribution in [2.75, 3.05) is 6.54 Å². The van der Waals surface area contributed by atoms with E-state index in [0.29, 0.717) is 11.5 Å². The van der Waals surface area contributed by atoms with E-state index in [1.165, 1.54) is 17.3 Å². The first-order valence-corrected chi connectivity index (χ1v) is 9.59. The zero-order chi connectivity index (χ0) is 19.3. The lowest BCUT2D eigenvalue weighted by Crippen LogP contribution is -2.43. The Morgan fingerprint density at radius 1 is 1.37 bits per heavy atom. The van der Waals surface area contributed by atoms with Crippen molar-refractivity contribution >= 4 is 45.9 Å². The summed E-state index contributed by atoms with van der Waals surface area (Å²) in [6, 6.07) is 5.20. The van der Waals surface area contributed by atoms with Crippen LogP contribution in [0.25, 0.3) is 0 Å². The Balaban J connectivity index is 0.00000364. The van der Waals surface area contributed by atoms with Gasteiger partial charge in [-0.05, 0) is 51.8 Å². The Hall–Kier alpha value is -1.16. The van der Waals surface area contributed by atoms with E-state index in [1.54, 1.807) is 6.07 Å². The fraction of sp³-hybridized carbons (Fsp3) is 0.474. The van der Waals surface area contributed by atoms with E-state index in [4.69, 9.17) is 0 Å². The zero-order valence-electron chi connectivity index (χ0n) is 16.4. The quantitative estimate of drug-likeness (QED) is 0.321. The first kappa shape index (κ1) is 23.9. The molecule has 0 aliphatic rings. The van der Waals surface area contributed by atoms with Crippen LogP contribution in [-0.4, -0.2) is 28.3 Å². The summed E-state index contributed by atoms with van der Waals surface area (Å²) in [6.07, 6.45) is 0.850. The average Bonchev–Trinajstić information content (AvgIpc) is 2.80.